The molecular formula is C53H85NO5. The van der Waals surface area contributed by atoms with E-state index in [9.17, 15) is 19.8 Å². The first-order chi connectivity index (χ1) is 29.0. The zero-order valence-corrected chi connectivity index (χ0v) is 37.6. The van der Waals surface area contributed by atoms with Crippen LogP contribution in [0.4, 0.5) is 0 Å². The van der Waals surface area contributed by atoms with Gasteiger partial charge in [-0.25, -0.2) is 0 Å². The van der Waals surface area contributed by atoms with Crippen LogP contribution in [-0.2, 0) is 14.3 Å². The zero-order chi connectivity index (χ0) is 43.1. The van der Waals surface area contributed by atoms with Crippen molar-refractivity contribution in [3.63, 3.8) is 0 Å². The fourth-order valence-corrected chi connectivity index (χ4v) is 6.18. The number of hydrogen-bond donors (Lipinski definition) is 3. The van der Waals surface area contributed by atoms with Crippen molar-refractivity contribution in [1.82, 2.24) is 5.32 Å². The number of allylic oxidation sites excluding steroid dienone is 19. The summed E-state index contributed by atoms with van der Waals surface area (Å²) in [6, 6.07) is -0.764. The molecule has 0 aliphatic heterocycles. The van der Waals surface area contributed by atoms with E-state index in [-0.39, 0.29) is 31.3 Å². The standard InChI is InChI=1S/C53H85NO5/c1-4-7-10-13-16-19-22-25-28-29-32-35-38-41-44-49(59-53(58)46-43-40-37-34-31-27-24-21-18-15-12-9-6-3)47-52(57)54-50(48-55)51(56)45-42-39-36-33-30-26-23-20-17-14-11-8-5-2/h7,9-10,12,15-16,18-19,21,24-25,27-28,31-32,34-35,37,41,44,49-51,55-56H,4-6,8,11,13-14,17,20,22-23,26,29-30,33,36,38-40,42-43,45-48H2,1-3H3,(H,54,57)/b10-7+,12-9+,18-15+,19-16+,24-21-,28-25+,31-27-,35-32+,37-34+,44-41+. The average Bonchev–Trinajstić information content (AvgIpc) is 3.23. The SMILES string of the molecule is CC/C=C/C=C/C=C\C=C/C=C/CCCC(=O)OC(/C=C/C/C=C/C/C=C/C/C=C/C/C=C/CC)CC(=O)NC(CO)C(O)CCCCCCCCCCCCCCC. The number of esters is 1. The van der Waals surface area contributed by atoms with E-state index in [0.717, 1.165) is 57.8 Å². The molecular weight excluding hydrogens is 731 g/mol. The summed E-state index contributed by atoms with van der Waals surface area (Å²) in [4.78, 5) is 25.9. The van der Waals surface area contributed by atoms with Crippen LogP contribution in [0, 0.1) is 0 Å². The predicted octanol–water partition coefficient (Wildman–Crippen LogP) is 13.7. The molecule has 0 spiro atoms. The van der Waals surface area contributed by atoms with Crippen LogP contribution >= 0.6 is 0 Å². The van der Waals surface area contributed by atoms with Crippen molar-refractivity contribution in [2.24, 2.45) is 0 Å². The number of amides is 1. The van der Waals surface area contributed by atoms with Crippen molar-refractivity contribution >= 4 is 11.9 Å². The van der Waals surface area contributed by atoms with Gasteiger partial charge in [0, 0.05) is 6.42 Å². The molecule has 0 saturated carbocycles. The Labute approximate surface area is 361 Å². The topological polar surface area (TPSA) is 95.9 Å². The minimum atomic E-state index is -0.838. The smallest absolute Gasteiger partial charge is 0.306 e. The molecule has 0 bridgehead atoms. The highest BCUT2D eigenvalue weighted by molar-refractivity contribution is 5.78. The van der Waals surface area contributed by atoms with Crippen LogP contribution in [-0.4, -0.2) is 46.9 Å². The van der Waals surface area contributed by atoms with Gasteiger partial charge in [0.05, 0.1) is 25.2 Å². The van der Waals surface area contributed by atoms with Gasteiger partial charge >= 0.3 is 5.97 Å². The normalized spacial score (nSPS) is 14.5. The molecule has 6 nitrogen and oxygen atoms in total. The highest BCUT2D eigenvalue weighted by Gasteiger charge is 2.23. The van der Waals surface area contributed by atoms with Crippen LogP contribution in [0.25, 0.3) is 0 Å². The number of ether oxygens (including phenoxy) is 1. The summed E-state index contributed by atoms with van der Waals surface area (Å²) in [5.41, 5.74) is 0. The number of carbonyl (C=O) groups excluding carboxylic acids is 2. The van der Waals surface area contributed by atoms with Crippen molar-refractivity contribution < 1.29 is 24.5 Å². The molecule has 59 heavy (non-hydrogen) atoms. The lowest BCUT2D eigenvalue weighted by Crippen LogP contribution is -2.46. The monoisotopic (exact) mass is 816 g/mol. The molecule has 0 aromatic rings. The molecule has 0 aliphatic carbocycles. The van der Waals surface area contributed by atoms with E-state index < -0.39 is 18.2 Å². The Kier molecular flexibility index (Phi) is 42.5. The third kappa shape index (κ3) is 40.8. The lowest BCUT2D eigenvalue weighted by molar-refractivity contribution is -0.148. The minimum absolute atomic E-state index is 0.0826. The molecule has 0 aliphatic rings. The van der Waals surface area contributed by atoms with Gasteiger partial charge < -0.3 is 20.3 Å². The summed E-state index contributed by atoms with van der Waals surface area (Å²) in [5, 5.41) is 23.6. The van der Waals surface area contributed by atoms with E-state index in [2.05, 4.69) is 80.8 Å². The van der Waals surface area contributed by atoms with Gasteiger partial charge in [0.15, 0.2) is 0 Å². The highest BCUT2D eigenvalue weighted by atomic mass is 16.5. The van der Waals surface area contributed by atoms with Crippen molar-refractivity contribution in [2.75, 3.05) is 6.61 Å². The Morgan fingerprint density at radius 3 is 1.51 bits per heavy atom. The van der Waals surface area contributed by atoms with E-state index in [0.29, 0.717) is 19.3 Å². The average molecular weight is 816 g/mol. The summed E-state index contributed by atoms with van der Waals surface area (Å²) in [6.07, 6.45) is 62.9. The largest absolute Gasteiger partial charge is 0.458 e. The molecule has 332 valence electrons. The van der Waals surface area contributed by atoms with Crippen molar-refractivity contribution in [3.8, 4) is 0 Å². The van der Waals surface area contributed by atoms with Crippen LogP contribution in [0.15, 0.2) is 122 Å². The number of hydrogen-bond acceptors (Lipinski definition) is 5. The van der Waals surface area contributed by atoms with Crippen LogP contribution < -0.4 is 5.32 Å². The molecule has 3 unspecified atom stereocenters. The van der Waals surface area contributed by atoms with Crippen molar-refractivity contribution in [3.05, 3.63) is 122 Å². The van der Waals surface area contributed by atoms with Crippen molar-refractivity contribution in [2.45, 2.75) is 193 Å². The second-order valence-corrected chi connectivity index (χ2v) is 15.2. The third-order valence-electron chi connectivity index (χ3n) is 9.66. The Hall–Kier alpha value is -3.74. The Morgan fingerprint density at radius 2 is 1.00 bits per heavy atom. The highest BCUT2D eigenvalue weighted by Crippen LogP contribution is 2.15. The molecule has 0 aromatic heterocycles. The molecule has 0 aromatic carbocycles. The molecule has 0 fully saturated rings. The van der Waals surface area contributed by atoms with Gasteiger partial charge in [0.25, 0.3) is 0 Å². The summed E-state index contributed by atoms with van der Waals surface area (Å²) in [5.74, 6) is -0.732. The Balaban J connectivity index is 4.90. The van der Waals surface area contributed by atoms with Crippen LogP contribution in [0.2, 0.25) is 0 Å². The molecule has 0 saturated heterocycles. The molecule has 0 rings (SSSR count). The van der Waals surface area contributed by atoms with Gasteiger partial charge in [-0.2, -0.15) is 0 Å². The first-order valence-corrected chi connectivity index (χ1v) is 23.3. The third-order valence-corrected chi connectivity index (χ3v) is 9.66. The molecule has 0 radical (unpaired) electrons. The molecule has 0 heterocycles. The van der Waals surface area contributed by atoms with Crippen LogP contribution in [0.1, 0.15) is 175 Å². The van der Waals surface area contributed by atoms with Crippen LogP contribution in [0.5, 0.6) is 0 Å². The lowest BCUT2D eigenvalue weighted by Gasteiger charge is -2.23. The summed E-state index contributed by atoms with van der Waals surface area (Å²) >= 11 is 0. The van der Waals surface area contributed by atoms with Gasteiger partial charge in [-0.15, -0.1) is 0 Å². The molecule has 3 N–H and O–H groups in total. The molecule has 6 heteroatoms. The summed E-state index contributed by atoms with van der Waals surface area (Å²) in [7, 11) is 0. The van der Waals surface area contributed by atoms with E-state index in [4.69, 9.17) is 4.74 Å². The van der Waals surface area contributed by atoms with E-state index in [1.807, 2.05) is 60.8 Å². The second kappa shape index (κ2) is 45.3. The lowest BCUT2D eigenvalue weighted by atomic mass is 10.0. The quantitative estimate of drug-likeness (QED) is 0.0249. The van der Waals surface area contributed by atoms with Gasteiger partial charge in [-0.05, 0) is 63.9 Å². The fourth-order valence-electron chi connectivity index (χ4n) is 6.18. The van der Waals surface area contributed by atoms with E-state index in [1.165, 1.54) is 64.2 Å². The summed E-state index contributed by atoms with van der Waals surface area (Å²) in [6.45, 7) is 6.14. The Morgan fingerprint density at radius 1 is 0.542 bits per heavy atom. The number of carbonyl (C=O) groups is 2. The van der Waals surface area contributed by atoms with Gasteiger partial charge in [0.1, 0.15) is 6.10 Å². The Bertz CT molecular complexity index is 1280. The van der Waals surface area contributed by atoms with E-state index >= 15 is 0 Å². The zero-order valence-electron chi connectivity index (χ0n) is 37.6. The number of rotatable bonds is 39. The summed E-state index contributed by atoms with van der Waals surface area (Å²) < 4.78 is 5.75. The maximum atomic E-state index is 13.1. The minimum Gasteiger partial charge on any atom is -0.458 e. The maximum Gasteiger partial charge on any atom is 0.306 e. The molecule has 1 amide bonds. The van der Waals surface area contributed by atoms with Gasteiger partial charge in [0.2, 0.25) is 5.91 Å². The van der Waals surface area contributed by atoms with Gasteiger partial charge in [-0.3, -0.25) is 9.59 Å². The van der Waals surface area contributed by atoms with Crippen molar-refractivity contribution in [1.29, 1.82) is 0 Å². The van der Waals surface area contributed by atoms with Crippen LogP contribution in [0.3, 0.4) is 0 Å². The second-order valence-electron chi connectivity index (χ2n) is 15.2. The number of unbranched alkanes of at least 4 members (excludes halogenated alkanes) is 13. The molecule has 3 atom stereocenters. The fraction of sp³-hybridized carbons (Fsp3) is 0.585. The first kappa shape index (κ1) is 55.3. The first-order valence-electron chi connectivity index (χ1n) is 23.3. The predicted molar refractivity (Wildman–Crippen MR) is 254 cm³/mol. The number of aliphatic hydroxyl groups is 2. The maximum absolute atomic E-state index is 13.1. The number of aliphatic hydroxyl groups excluding tert-OH is 2. The number of nitrogens with one attached hydrogen (secondary N) is 1. The van der Waals surface area contributed by atoms with E-state index in [1.54, 1.807) is 6.08 Å². The van der Waals surface area contributed by atoms with Gasteiger partial charge in [-0.1, -0.05) is 220 Å².